The van der Waals surface area contributed by atoms with Crippen LogP contribution >= 0.6 is 0 Å². The minimum Gasteiger partial charge on any atom is -0.455 e. The third-order valence-corrected chi connectivity index (χ3v) is 10.7. The van der Waals surface area contributed by atoms with Crippen LogP contribution in [0.25, 0.3) is 77.6 Å². The third-order valence-electron chi connectivity index (χ3n) is 10.7. The van der Waals surface area contributed by atoms with Crippen LogP contribution in [0.4, 0.5) is 17.1 Å². The first kappa shape index (κ1) is 33.2. The van der Waals surface area contributed by atoms with Crippen LogP contribution in [0, 0.1) is 0 Å². The second-order valence-electron chi connectivity index (χ2n) is 14.1. The molecule has 0 bridgehead atoms. The molecule has 0 aliphatic carbocycles. The summed E-state index contributed by atoms with van der Waals surface area (Å²) in [5.41, 5.74) is 16.5. The highest BCUT2D eigenvalue weighted by Crippen LogP contribution is 2.46. The van der Waals surface area contributed by atoms with Crippen LogP contribution in [0.15, 0.2) is 229 Å². The predicted octanol–water partition coefficient (Wildman–Crippen LogP) is 15.4. The lowest BCUT2D eigenvalue weighted by Gasteiger charge is -2.29. The molecule has 10 rings (SSSR count). The van der Waals surface area contributed by atoms with Gasteiger partial charge in [0.15, 0.2) is 0 Å². The van der Waals surface area contributed by atoms with E-state index in [1.54, 1.807) is 0 Å². The zero-order valence-corrected chi connectivity index (χ0v) is 30.7. The van der Waals surface area contributed by atoms with Crippen molar-refractivity contribution < 1.29 is 4.42 Å². The Hall–Kier alpha value is -7.42. The van der Waals surface area contributed by atoms with Crippen LogP contribution in [-0.4, -0.2) is 0 Å². The first-order valence-corrected chi connectivity index (χ1v) is 19.1. The Balaban J connectivity index is 1.23. The van der Waals surface area contributed by atoms with Gasteiger partial charge in [-0.2, -0.15) is 0 Å². The van der Waals surface area contributed by atoms with Crippen LogP contribution < -0.4 is 4.90 Å². The predicted molar refractivity (Wildman–Crippen MR) is 236 cm³/mol. The van der Waals surface area contributed by atoms with Crippen LogP contribution in [0.1, 0.15) is 0 Å². The number of rotatable bonds is 8. The van der Waals surface area contributed by atoms with Gasteiger partial charge in [-0.15, -0.1) is 0 Å². The average Bonchev–Trinajstić information content (AvgIpc) is 3.66. The van der Waals surface area contributed by atoms with E-state index in [1.165, 1.54) is 27.8 Å². The molecule has 2 heteroatoms. The van der Waals surface area contributed by atoms with Gasteiger partial charge in [0.1, 0.15) is 11.2 Å². The molecule has 9 aromatic carbocycles. The highest BCUT2D eigenvalue weighted by molar-refractivity contribution is 6.12. The summed E-state index contributed by atoms with van der Waals surface area (Å²) in [5.74, 6) is 0. The summed E-state index contributed by atoms with van der Waals surface area (Å²) < 4.78 is 6.61. The van der Waals surface area contributed by atoms with Gasteiger partial charge in [-0.1, -0.05) is 176 Å². The molecular weight excluding hydrogens is 679 g/mol. The molecule has 0 aliphatic heterocycles. The van der Waals surface area contributed by atoms with Gasteiger partial charge in [0.25, 0.3) is 0 Å². The number of anilines is 3. The summed E-state index contributed by atoms with van der Waals surface area (Å²) in [4.78, 5) is 2.41. The average molecular weight is 716 g/mol. The summed E-state index contributed by atoms with van der Waals surface area (Å²) in [6, 6.07) is 80.1. The lowest BCUT2D eigenvalue weighted by molar-refractivity contribution is 0.670. The number of hydrogen-bond acceptors (Lipinski definition) is 2. The zero-order chi connectivity index (χ0) is 37.3. The van der Waals surface area contributed by atoms with Crippen LogP contribution in [0.2, 0.25) is 0 Å². The van der Waals surface area contributed by atoms with Gasteiger partial charge in [0.05, 0.1) is 5.69 Å². The number of furan rings is 1. The van der Waals surface area contributed by atoms with E-state index in [9.17, 15) is 0 Å². The van der Waals surface area contributed by atoms with Crippen molar-refractivity contribution in [3.63, 3.8) is 0 Å². The van der Waals surface area contributed by atoms with Crippen molar-refractivity contribution in [1.82, 2.24) is 0 Å². The van der Waals surface area contributed by atoms with Crippen LogP contribution in [0.5, 0.6) is 0 Å². The lowest BCUT2D eigenvalue weighted by Crippen LogP contribution is -2.11. The van der Waals surface area contributed by atoms with E-state index in [4.69, 9.17) is 4.42 Å². The Bertz CT molecular complexity index is 2830. The normalized spacial score (nSPS) is 11.2. The monoisotopic (exact) mass is 715 g/mol. The molecule has 1 aromatic heterocycles. The summed E-state index contributed by atoms with van der Waals surface area (Å²) in [6.45, 7) is 0. The number of benzene rings is 9. The molecule has 1 heterocycles. The van der Waals surface area contributed by atoms with Crippen molar-refractivity contribution in [2.45, 2.75) is 0 Å². The van der Waals surface area contributed by atoms with Crippen molar-refractivity contribution in [3.8, 4) is 55.6 Å². The molecule has 0 aliphatic rings. The van der Waals surface area contributed by atoms with Gasteiger partial charge >= 0.3 is 0 Å². The van der Waals surface area contributed by atoms with Crippen molar-refractivity contribution in [2.24, 2.45) is 0 Å². The van der Waals surface area contributed by atoms with Crippen LogP contribution in [-0.2, 0) is 0 Å². The number of hydrogen-bond donors (Lipinski definition) is 0. The summed E-state index contributed by atoms with van der Waals surface area (Å²) in [6.07, 6.45) is 0. The molecule has 10 aromatic rings. The molecule has 0 N–H and O–H groups in total. The Kier molecular flexibility index (Phi) is 8.55. The molecule has 56 heavy (non-hydrogen) atoms. The van der Waals surface area contributed by atoms with Crippen molar-refractivity contribution in [2.75, 3.05) is 4.90 Å². The molecule has 0 spiro atoms. The SMILES string of the molecule is c1ccc(-c2ccc(N(c3ccc(-c4ccccc4)cc3)c3cc(-c4ccccc4)ccc3-c3cc(-c4ccccc4)c4oc5ccccc5c4c3)cc2)cc1. The van der Waals surface area contributed by atoms with Gasteiger partial charge < -0.3 is 9.32 Å². The van der Waals surface area contributed by atoms with E-state index < -0.39 is 0 Å². The van der Waals surface area contributed by atoms with Gasteiger partial charge in [0, 0.05) is 33.3 Å². The fraction of sp³-hybridized carbons (Fsp3) is 0. The van der Waals surface area contributed by atoms with Gasteiger partial charge in [-0.05, 0) is 93.0 Å². The van der Waals surface area contributed by atoms with Gasteiger partial charge in [0.2, 0.25) is 0 Å². The topological polar surface area (TPSA) is 16.4 Å². The number of para-hydroxylation sites is 1. The molecule has 2 nitrogen and oxygen atoms in total. The van der Waals surface area contributed by atoms with E-state index in [1.807, 2.05) is 6.07 Å². The highest BCUT2D eigenvalue weighted by Gasteiger charge is 2.22. The van der Waals surface area contributed by atoms with E-state index in [0.29, 0.717) is 0 Å². The van der Waals surface area contributed by atoms with E-state index in [2.05, 4.69) is 223 Å². The molecule has 0 saturated heterocycles. The first-order chi connectivity index (χ1) is 27.8. The fourth-order valence-electron chi connectivity index (χ4n) is 7.88. The Labute approximate surface area is 327 Å². The molecule has 0 unspecified atom stereocenters. The zero-order valence-electron chi connectivity index (χ0n) is 30.7. The lowest BCUT2D eigenvalue weighted by atomic mass is 9.92. The Morgan fingerprint density at radius 1 is 0.286 bits per heavy atom. The van der Waals surface area contributed by atoms with E-state index in [-0.39, 0.29) is 0 Å². The Morgan fingerprint density at radius 2 is 0.732 bits per heavy atom. The maximum atomic E-state index is 6.61. The maximum Gasteiger partial charge on any atom is 0.143 e. The third kappa shape index (κ3) is 6.24. The van der Waals surface area contributed by atoms with E-state index >= 15 is 0 Å². The molecule has 0 saturated carbocycles. The fourth-order valence-corrected chi connectivity index (χ4v) is 7.88. The number of nitrogens with zero attached hydrogens (tertiary/aromatic N) is 1. The van der Waals surface area contributed by atoms with Gasteiger partial charge in [-0.3, -0.25) is 0 Å². The van der Waals surface area contributed by atoms with Gasteiger partial charge in [-0.25, -0.2) is 0 Å². The molecular formula is C54H37NO. The molecule has 0 atom stereocenters. The Morgan fingerprint density at radius 3 is 1.29 bits per heavy atom. The van der Waals surface area contributed by atoms with E-state index in [0.717, 1.165) is 66.8 Å². The largest absolute Gasteiger partial charge is 0.455 e. The standard InChI is InChI=1S/C54H37NO/c1-5-15-38(16-6-1)41-25-30-46(31-26-41)55(47-32-27-42(28-33-47)39-17-7-2-8-18-39)52-37-44(40-19-9-3-10-20-40)29-34-48(52)45-35-50(43-21-11-4-12-22-43)54-51(36-45)49-23-13-14-24-53(49)56-54/h1-37H. The van der Waals surface area contributed by atoms with Crippen molar-refractivity contribution in [1.29, 1.82) is 0 Å². The molecule has 0 radical (unpaired) electrons. The molecule has 0 fully saturated rings. The maximum absolute atomic E-state index is 6.61. The minimum absolute atomic E-state index is 0.884. The summed E-state index contributed by atoms with van der Waals surface area (Å²) >= 11 is 0. The molecule has 0 amide bonds. The second-order valence-corrected chi connectivity index (χ2v) is 14.1. The first-order valence-electron chi connectivity index (χ1n) is 19.1. The smallest absolute Gasteiger partial charge is 0.143 e. The number of fused-ring (bicyclic) bond motifs is 3. The second kappa shape index (κ2) is 14.4. The quantitative estimate of drug-likeness (QED) is 0.156. The van der Waals surface area contributed by atoms with Crippen LogP contribution in [0.3, 0.4) is 0 Å². The highest BCUT2D eigenvalue weighted by atomic mass is 16.3. The van der Waals surface area contributed by atoms with Crippen molar-refractivity contribution >= 4 is 39.0 Å². The minimum atomic E-state index is 0.884. The van der Waals surface area contributed by atoms with Crippen molar-refractivity contribution in [3.05, 3.63) is 224 Å². The summed E-state index contributed by atoms with van der Waals surface area (Å²) in [5, 5.41) is 2.20. The summed E-state index contributed by atoms with van der Waals surface area (Å²) in [7, 11) is 0. The molecule has 264 valence electrons.